The molecule has 1 N–H and O–H groups in total. The highest BCUT2D eigenvalue weighted by Gasteiger charge is 2.36. The SMILES string of the molecule is C#CCOc1c(I)cc(/C=C2/C(=O)NC(=O)N(c3ccc(Cl)cc3)C2=O)cc1OC. The van der Waals surface area contributed by atoms with Crippen LogP contribution in [0.4, 0.5) is 10.5 Å². The summed E-state index contributed by atoms with van der Waals surface area (Å²) < 4.78 is 11.5. The highest BCUT2D eigenvalue weighted by atomic mass is 127. The number of imide groups is 2. The molecule has 0 atom stereocenters. The summed E-state index contributed by atoms with van der Waals surface area (Å²) in [5.41, 5.74) is 0.582. The maximum Gasteiger partial charge on any atom is 0.335 e. The second-order valence-corrected chi connectivity index (χ2v) is 7.56. The van der Waals surface area contributed by atoms with Gasteiger partial charge in [0.05, 0.1) is 16.4 Å². The molecule has 1 aliphatic heterocycles. The number of terminal acetylenes is 1. The lowest BCUT2D eigenvalue weighted by Gasteiger charge is -2.26. The van der Waals surface area contributed by atoms with Gasteiger partial charge in [0.2, 0.25) is 0 Å². The molecular weight excluding hydrogens is 523 g/mol. The quantitative estimate of drug-likeness (QED) is 0.273. The number of ether oxygens (including phenoxy) is 2. The monoisotopic (exact) mass is 536 g/mol. The van der Waals surface area contributed by atoms with Crippen molar-refractivity contribution in [1.29, 1.82) is 0 Å². The van der Waals surface area contributed by atoms with Gasteiger partial charge in [-0.1, -0.05) is 17.5 Å². The summed E-state index contributed by atoms with van der Waals surface area (Å²) in [6.45, 7) is 0.0614. The summed E-state index contributed by atoms with van der Waals surface area (Å²) in [5.74, 6) is 1.67. The lowest BCUT2D eigenvalue weighted by atomic mass is 10.1. The molecular formula is C21H14ClIN2O5. The fourth-order valence-corrected chi connectivity index (χ4v) is 3.63. The van der Waals surface area contributed by atoms with Gasteiger partial charge >= 0.3 is 6.03 Å². The standard InChI is InChI=1S/C21H14ClIN2O5/c1-3-8-30-18-16(23)10-12(11-17(18)29-2)9-15-19(26)24-21(28)25(20(15)27)14-6-4-13(22)5-7-14/h1,4-7,9-11H,8H2,2H3,(H,24,26,28)/b15-9-. The highest BCUT2D eigenvalue weighted by Crippen LogP contribution is 2.35. The van der Waals surface area contributed by atoms with Crippen molar-refractivity contribution >= 4 is 63.8 Å². The first kappa shape index (κ1) is 21.7. The zero-order valence-electron chi connectivity index (χ0n) is 15.6. The van der Waals surface area contributed by atoms with Crippen molar-refractivity contribution in [2.75, 3.05) is 18.6 Å². The zero-order valence-corrected chi connectivity index (χ0v) is 18.5. The third-order valence-corrected chi connectivity index (χ3v) is 5.10. The summed E-state index contributed by atoms with van der Waals surface area (Å²) in [6.07, 6.45) is 6.61. The van der Waals surface area contributed by atoms with Crippen LogP contribution in [0.5, 0.6) is 11.5 Å². The Balaban J connectivity index is 2.01. The number of methoxy groups -OCH3 is 1. The van der Waals surface area contributed by atoms with Crippen molar-refractivity contribution in [3.63, 3.8) is 0 Å². The maximum absolute atomic E-state index is 12.9. The summed E-state index contributed by atoms with van der Waals surface area (Å²) >= 11 is 7.90. The summed E-state index contributed by atoms with van der Waals surface area (Å²) in [4.78, 5) is 38.4. The molecule has 0 aromatic heterocycles. The van der Waals surface area contributed by atoms with Gasteiger partial charge in [0, 0.05) is 5.02 Å². The number of nitrogens with zero attached hydrogens (tertiary/aromatic N) is 1. The minimum Gasteiger partial charge on any atom is -0.493 e. The number of nitrogens with one attached hydrogen (secondary N) is 1. The van der Waals surface area contributed by atoms with E-state index in [1.54, 1.807) is 24.3 Å². The largest absolute Gasteiger partial charge is 0.493 e. The molecule has 0 radical (unpaired) electrons. The minimum atomic E-state index is -0.838. The van der Waals surface area contributed by atoms with Crippen molar-refractivity contribution in [1.82, 2.24) is 5.32 Å². The van der Waals surface area contributed by atoms with E-state index < -0.39 is 17.8 Å². The topological polar surface area (TPSA) is 84.9 Å². The smallest absolute Gasteiger partial charge is 0.335 e. The predicted molar refractivity (Wildman–Crippen MR) is 120 cm³/mol. The molecule has 1 heterocycles. The van der Waals surface area contributed by atoms with E-state index in [1.807, 2.05) is 22.6 Å². The van der Waals surface area contributed by atoms with Crippen LogP contribution in [0.15, 0.2) is 42.0 Å². The molecule has 0 unspecified atom stereocenters. The molecule has 2 aromatic rings. The number of urea groups is 1. The van der Waals surface area contributed by atoms with E-state index >= 15 is 0 Å². The number of halogens is 2. The number of barbiturate groups is 1. The lowest BCUT2D eigenvalue weighted by molar-refractivity contribution is -0.122. The fraction of sp³-hybridized carbons (Fsp3) is 0.0952. The van der Waals surface area contributed by atoms with Crippen molar-refractivity contribution < 1.29 is 23.9 Å². The number of carbonyl (C=O) groups is 3. The highest BCUT2D eigenvalue weighted by molar-refractivity contribution is 14.1. The third-order valence-electron chi connectivity index (χ3n) is 4.05. The van der Waals surface area contributed by atoms with Crippen LogP contribution in [0.25, 0.3) is 6.08 Å². The van der Waals surface area contributed by atoms with Crippen LogP contribution in [0, 0.1) is 15.9 Å². The van der Waals surface area contributed by atoms with E-state index in [2.05, 4.69) is 11.2 Å². The van der Waals surface area contributed by atoms with Crippen molar-refractivity contribution in [2.45, 2.75) is 0 Å². The van der Waals surface area contributed by atoms with Gasteiger partial charge in [0.25, 0.3) is 11.8 Å². The molecule has 0 spiro atoms. The number of benzene rings is 2. The van der Waals surface area contributed by atoms with E-state index in [0.717, 1.165) is 4.90 Å². The van der Waals surface area contributed by atoms with Crippen LogP contribution >= 0.6 is 34.2 Å². The van der Waals surface area contributed by atoms with Gasteiger partial charge in [-0.15, -0.1) is 6.42 Å². The average molecular weight is 537 g/mol. The lowest BCUT2D eigenvalue weighted by Crippen LogP contribution is -2.54. The molecule has 2 aromatic carbocycles. The Kier molecular flexibility index (Phi) is 6.64. The number of rotatable bonds is 5. The molecule has 4 amide bonds. The van der Waals surface area contributed by atoms with Gasteiger partial charge in [0.15, 0.2) is 11.5 Å². The Labute approximate surface area is 191 Å². The Morgan fingerprint density at radius 3 is 2.57 bits per heavy atom. The molecule has 0 saturated carbocycles. The summed E-state index contributed by atoms with van der Waals surface area (Å²) in [7, 11) is 1.46. The van der Waals surface area contributed by atoms with Crippen molar-refractivity contribution in [3.8, 4) is 23.8 Å². The molecule has 7 nitrogen and oxygen atoms in total. The summed E-state index contributed by atoms with van der Waals surface area (Å²) in [5, 5.41) is 2.62. The summed E-state index contributed by atoms with van der Waals surface area (Å²) in [6, 6.07) is 8.57. The van der Waals surface area contributed by atoms with Gasteiger partial charge < -0.3 is 9.47 Å². The van der Waals surface area contributed by atoms with Gasteiger partial charge in [-0.3, -0.25) is 14.9 Å². The molecule has 1 saturated heterocycles. The first-order valence-corrected chi connectivity index (χ1v) is 9.92. The van der Waals surface area contributed by atoms with E-state index in [0.29, 0.717) is 25.7 Å². The van der Waals surface area contributed by atoms with Crippen LogP contribution in [0.1, 0.15) is 5.56 Å². The van der Waals surface area contributed by atoms with Crippen molar-refractivity contribution in [2.24, 2.45) is 0 Å². The van der Waals surface area contributed by atoms with E-state index in [1.165, 1.54) is 25.3 Å². The molecule has 9 heteroatoms. The van der Waals surface area contributed by atoms with Crippen molar-refractivity contribution in [3.05, 3.63) is 56.1 Å². The maximum atomic E-state index is 12.9. The molecule has 1 aliphatic rings. The van der Waals surface area contributed by atoms with Gasteiger partial charge in [0.1, 0.15) is 12.2 Å². The molecule has 30 heavy (non-hydrogen) atoms. The molecule has 1 fully saturated rings. The molecule has 3 rings (SSSR count). The minimum absolute atomic E-state index is 0.0614. The molecule has 0 bridgehead atoms. The predicted octanol–water partition coefficient (Wildman–Crippen LogP) is 3.63. The third kappa shape index (κ3) is 4.42. The van der Waals surface area contributed by atoms with Gasteiger partial charge in [-0.2, -0.15) is 0 Å². The zero-order chi connectivity index (χ0) is 21.8. The van der Waals surface area contributed by atoms with E-state index in [9.17, 15) is 14.4 Å². The second kappa shape index (κ2) is 9.19. The fourth-order valence-electron chi connectivity index (χ4n) is 2.73. The van der Waals surface area contributed by atoms with Gasteiger partial charge in [-0.05, 0) is 70.6 Å². The number of hydrogen-bond donors (Lipinski definition) is 1. The number of amides is 4. The Hall–Kier alpha value is -3.03. The Morgan fingerprint density at radius 1 is 1.23 bits per heavy atom. The molecule has 152 valence electrons. The first-order valence-electron chi connectivity index (χ1n) is 8.46. The van der Waals surface area contributed by atoms with Crippen LogP contribution in [-0.4, -0.2) is 31.6 Å². The number of anilines is 1. The average Bonchev–Trinajstić information content (AvgIpc) is 2.71. The van der Waals surface area contributed by atoms with Gasteiger partial charge in [-0.25, -0.2) is 9.69 Å². The number of hydrogen-bond acceptors (Lipinski definition) is 5. The van der Waals surface area contributed by atoms with Crippen LogP contribution < -0.4 is 19.7 Å². The first-order chi connectivity index (χ1) is 14.3. The second-order valence-electron chi connectivity index (χ2n) is 5.96. The van der Waals surface area contributed by atoms with Crippen LogP contribution in [0.2, 0.25) is 5.02 Å². The van der Waals surface area contributed by atoms with Crippen LogP contribution in [-0.2, 0) is 9.59 Å². The Bertz CT molecular complexity index is 1110. The van der Waals surface area contributed by atoms with Crippen LogP contribution in [0.3, 0.4) is 0 Å². The van der Waals surface area contributed by atoms with E-state index in [4.69, 9.17) is 27.5 Å². The number of carbonyl (C=O) groups excluding carboxylic acids is 3. The van der Waals surface area contributed by atoms with E-state index in [-0.39, 0.29) is 17.9 Å². The molecule has 0 aliphatic carbocycles. The normalized spacial score (nSPS) is 15.1. The Morgan fingerprint density at radius 2 is 1.93 bits per heavy atom.